The first-order valence-corrected chi connectivity index (χ1v) is 7.99. The Morgan fingerprint density at radius 3 is 2.82 bits per heavy atom. The summed E-state index contributed by atoms with van der Waals surface area (Å²) >= 11 is 5.96. The number of nitrogens with zero attached hydrogens (tertiary/aromatic N) is 3. The number of aryl methyl sites for hydroxylation is 2. The Kier molecular flexibility index (Phi) is 4.60. The largest absolute Gasteiger partial charge is 0.370 e. The van der Waals surface area contributed by atoms with Crippen LogP contribution in [0.2, 0.25) is 5.02 Å². The number of anilines is 1. The van der Waals surface area contributed by atoms with Gasteiger partial charge in [-0.3, -0.25) is 0 Å². The zero-order valence-electron chi connectivity index (χ0n) is 12.9. The second-order valence-corrected chi connectivity index (χ2v) is 5.91. The molecule has 0 aliphatic carbocycles. The van der Waals surface area contributed by atoms with Crippen LogP contribution in [-0.4, -0.2) is 29.7 Å². The molecule has 116 valence electrons. The summed E-state index contributed by atoms with van der Waals surface area (Å²) < 4.78 is 5.93. The molecule has 1 saturated heterocycles. The quantitative estimate of drug-likeness (QED) is 0.867. The summed E-state index contributed by atoms with van der Waals surface area (Å²) in [6, 6.07) is 7.88. The van der Waals surface area contributed by atoms with Gasteiger partial charge in [-0.1, -0.05) is 30.7 Å². The highest BCUT2D eigenvalue weighted by Gasteiger charge is 2.24. The zero-order chi connectivity index (χ0) is 15.5. The van der Waals surface area contributed by atoms with Gasteiger partial charge in [-0.25, -0.2) is 9.97 Å². The molecule has 1 aromatic heterocycles. The number of ether oxygens (including phenoxy) is 1. The van der Waals surface area contributed by atoms with Crippen LogP contribution >= 0.6 is 11.6 Å². The summed E-state index contributed by atoms with van der Waals surface area (Å²) in [6.07, 6.45) is 2.91. The maximum Gasteiger partial charge on any atom is 0.135 e. The average molecular weight is 318 g/mol. The van der Waals surface area contributed by atoms with Crippen LogP contribution in [0.1, 0.15) is 30.0 Å². The fraction of sp³-hybridized carbons (Fsp3) is 0.412. The standard InChI is InChI=1S/C17H20ClN3O/c1-3-13-10-19-12(2)20-17(13)21-8-9-22-16(11-21)14-4-6-15(18)7-5-14/h4-7,10,16H,3,8-9,11H2,1-2H3/t16-/m0/s1. The van der Waals surface area contributed by atoms with Crippen LogP contribution in [0.3, 0.4) is 0 Å². The van der Waals surface area contributed by atoms with Crippen molar-refractivity contribution in [2.24, 2.45) is 0 Å². The van der Waals surface area contributed by atoms with Crippen molar-refractivity contribution >= 4 is 17.4 Å². The van der Waals surface area contributed by atoms with E-state index in [2.05, 4.69) is 21.8 Å². The number of benzene rings is 1. The van der Waals surface area contributed by atoms with E-state index in [0.717, 1.165) is 41.7 Å². The first kappa shape index (κ1) is 15.3. The molecular weight excluding hydrogens is 298 g/mol. The van der Waals surface area contributed by atoms with Crippen LogP contribution in [0.15, 0.2) is 30.5 Å². The Morgan fingerprint density at radius 2 is 2.09 bits per heavy atom. The Balaban J connectivity index is 1.84. The van der Waals surface area contributed by atoms with Gasteiger partial charge in [0.25, 0.3) is 0 Å². The van der Waals surface area contributed by atoms with Crippen LogP contribution in [-0.2, 0) is 11.2 Å². The molecule has 0 spiro atoms. The van der Waals surface area contributed by atoms with Crippen molar-refractivity contribution in [2.45, 2.75) is 26.4 Å². The molecule has 3 rings (SSSR count). The van der Waals surface area contributed by atoms with E-state index in [1.165, 1.54) is 5.56 Å². The van der Waals surface area contributed by atoms with Crippen molar-refractivity contribution in [1.29, 1.82) is 0 Å². The minimum atomic E-state index is 0.0472. The molecule has 1 fully saturated rings. The lowest BCUT2D eigenvalue weighted by Crippen LogP contribution is -2.39. The predicted molar refractivity (Wildman–Crippen MR) is 88.5 cm³/mol. The molecular formula is C17H20ClN3O. The fourth-order valence-electron chi connectivity index (χ4n) is 2.73. The summed E-state index contributed by atoms with van der Waals surface area (Å²) in [5, 5.41) is 0.746. The fourth-order valence-corrected chi connectivity index (χ4v) is 2.85. The Bertz CT molecular complexity index is 645. The van der Waals surface area contributed by atoms with E-state index in [9.17, 15) is 0 Å². The summed E-state index contributed by atoms with van der Waals surface area (Å²) in [7, 11) is 0. The van der Waals surface area contributed by atoms with Crippen LogP contribution in [0.5, 0.6) is 0 Å². The van der Waals surface area contributed by atoms with E-state index in [-0.39, 0.29) is 6.10 Å². The van der Waals surface area contributed by atoms with Gasteiger partial charge in [0.1, 0.15) is 17.7 Å². The third-order valence-electron chi connectivity index (χ3n) is 3.95. The molecule has 1 aliphatic heterocycles. The van der Waals surface area contributed by atoms with Crippen LogP contribution in [0.4, 0.5) is 5.82 Å². The van der Waals surface area contributed by atoms with Crippen molar-refractivity contribution < 1.29 is 4.74 Å². The van der Waals surface area contributed by atoms with Crippen LogP contribution in [0, 0.1) is 6.92 Å². The topological polar surface area (TPSA) is 38.2 Å². The summed E-state index contributed by atoms with van der Waals surface area (Å²) in [5.41, 5.74) is 2.33. The van der Waals surface area contributed by atoms with Crippen molar-refractivity contribution in [3.63, 3.8) is 0 Å². The second-order valence-electron chi connectivity index (χ2n) is 5.48. The maximum atomic E-state index is 5.96. The summed E-state index contributed by atoms with van der Waals surface area (Å²) in [6.45, 7) is 6.41. The number of aromatic nitrogens is 2. The molecule has 1 aromatic carbocycles. The van der Waals surface area contributed by atoms with E-state index in [0.29, 0.717) is 6.61 Å². The number of hydrogen-bond acceptors (Lipinski definition) is 4. The molecule has 0 saturated carbocycles. The highest BCUT2D eigenvalue weighted by molar-refractivity contribution is 6.30. The van der Waals surface area contributed by atoms with E-state index in [4.69, 9.17) is 16.3 Å². The molecule has 1 aliphatic rings. The Morgan fingerprint density at radius 1 is 1.32 bits per heavy atom. The summed E-state index contributed by atoms with van der Waals surface area (Å²) in [5.74, 6) is 1.85. The highest BCUT2D eigenvalue weighted by atomic mass is 35.5. The Labute approximate surface area is 136 Å². The SMILES string of the molecule is CCc1cnc(C)nc1N1CCO[C@H](c2ccc(Cl)cc2)C1. The lowest BCUT2D eigenvalue weighted by atomic mass is 10.1. The number of morpholine rings is 1. The smallest absolute Gasteiger partial charge is 0.135 e. The molecule has 2 aromatic rings. The lowest BCUT2D eigenvalue weighted by molar-refractivity contribution is 0.0394. The normalized spacial score (nSPS) is 18.5. The molecule has 2 heterocycles. The van der Waals surface area contributed by atoms with Gasteiger partial charge >= 0.3 is 0 Å². The predicted octanol–water partition coefficient (Wildman–Crippen LogP) is 3.58. The first-order chi connectivity index (χ1) is 10.7. The number of halogens is 1. The Hall–Kier alpha value is -1.65. The monoisotopic (exact) mass is 317 g/mol. The average Bonchev–Trinajstić information content (AvgIpc) is 2.55. The summed E-state index contributed by atoms with van der Waals surface area (Å²) in [4.78, 5) is 11.3. The van der Waals surface area contributed by atoms with Crippen molar-refractivity contribution in [1.82, 2.24) is 9.97 Å². The molecule has 0 radical (unpaired) electrons. The van der Waals surface area contributed by atoms with Crippen molar-refractivity contribution in [2.75, 3.05) is 24.6 Å². The lowest BCUT2D eigenvalue weighted by Gasteiger charge is -2.35. The van der Waals surface area contributed by atoms with Gasteiger partial charge in [0, 0.05) is 29.9 Å². The molecule has 0 unspecified atom stereocenters. The molecule has 1 atom stereocenters. The van der Waals surface area contributed by atoms with Gasteiger partial charge < -0.3 is 9.64 Å². The third-order valence-corrected chi connectivity index (χ3v) is 4.20. The second kappa shape index (κ2) is 6.63. The van der Waals surface area contributed by atoms with Crippen LogP contribution in [0.25, 0.3) is 0 Å². The van der Waals surface area contributed by atoms with Crippen molar-refractivity contribution in [3.8, 4) is 0 Å². The van der Waals surface area contributed by atoms with Gasteiger partial charge in [0.05, 0.1) is 6.61 Å². The van der Waals surface area contributed by atoms with Crippen LogP contribution < -0.4 is 4.90 Å². The minimum Gasteiger partial charge on any atom is -0.370 e. The molecule has 4 nitrogen and oxygen atoms in total. The number of rotatable bonds is 3. The first-order valence-electron chi connectivity index (χ1n) is 7.62. The van der Waals surface area contributed by atoms with E-state index >= 15 is 0 Å². The maximum absolute atomic E-state index is 5.96. The van der Waals surface area contributed by atoms with Gasteiger partial charge in [-0.15, -0.1) is 0 Å². The van der Waals surface area contributed by atoms with Gasteiger partial charge in [0.2, 0.25) is 0 Å². The van der Waals surface area contributed by atoms with Gasteiger partial charge in [-0.05, 0) is 31.0 Å². The third kappa shape index (κ3) is 3.23. The molecule has 22 heavy (non-hydrogen) atoms. The zero-order valence-corrected chi connectivity index (χ0v) is 13.7. The molecule has 0 N–H and O–H groups in total. The highest BCUT2D eigenvalue weighted by Crippen LogP contribution is 2.27. The van der Waals surface area contributed by atoms with Gasteiger partial charge in [0.15, 0.2) is 0 Å². The molecule has 0 bridgehead atoms. The minimum absolute atomic E-state index is 0.0472. The van der Waals surface area contributed by atoms with Gasteiger partial charge in [-0.2, -0.15) is 0 Å². The number of hydrogen-bond donors (Lipinski definition) is 0. The van der Waals surface area contributed by atoms with E-state index in [1.807, 2.05) is 37.4 Å². The molecule has 0 amide bonds. The van der Waals surface area contributed by atoms with E-state index in [1.54, 1.807) is 0 Å². The molecule has 5 heteroatoms. The van der Waals surface area contributed by atoms with Crippen molar-refractivity contribution in [3.05, 3.63) is 52.4 Å². The van der Waals surface area contributed by atoms with E-state index < -0.39 is 0 Å².